The van der Waals surface area contributed by atoms with Gasteiger partial charge in [0.25, 0.3) is 0 Å². The molecule has 10 heteroatoms. The van der Waals surface area contributed by atoms with E-state index in [4.69, 9.17) is 9.47 Å². The van der Waals surface area contributed by atoms with Gasteiger partial charge in [0.05, 0.1) is 26.2 Å². The van der Waals surface area contributed by atoms with E-state index in [0.717, 1.165) is 27.3 Å². The summed E-state index contributed by atoms with van der Waals surface area (Å²) in [6.45, 7) is 7.11. The lowest BCUT2D eigenvalue weighted by Crippen LogP contribution is -2.56. The van der Waals surface area contributed by atoms with Crippen molar-refractivity contribution in [2.75, 3.05) is 31.3 Å². The molecule has 0 spiro atoms. The first-order chi connectivity index (χ1) is 19.7. The highest BCUT2D eigenvalue weighted by Crippen LogP contribution is 2.34. The van der Waals surface area contributed by atoms with E-state index in [9.17, 15) is 18.0 Å². The predicted octanol–water partition coefficient (Wildman–Crippen LogP) is 4.33. The van der Waals surface area contributed by atoms with Gasteiger partial charge in [0.2, 0.25) is 21.8 Å². The topological polar surface area (TPSA) is 105 Å². The first-order valence-electron chi connectivity index (χ1n) is 13.6. The van der Waals surface area contributed by atoms with Crippen molar-refractivity contribution < 1.29 is 27.5 Å². The highest BCUT2D eigenvalue weighted by atomic mass is 32.2. The molecule has 9 nitrogen and oxygen atoms in total. The van der Waals surface area contributed by atoms with Crippen LogP contribution in [-0.2, 0) is 32.6 Å². The molecule has 0 radical (unpaired) electrons. The van der Waals surface area contributed by atoms with Crippen LogP contribution < -0.4 is 19.1 Å². The number of carbonyl (C=O) groups is 2. The minimum Gasteiger partial charge on any atom is -0.497 e. The molecule has 3 rings (SSSR count). The van der Waals surface area contributed by atoms with Gasteiger partial charge in [-0.15, -0.1) is 0 Å². The summed E-state index contributed by atoms with van der Waals surface area (Å²) in [6, 6.07) is 20.9. The summed E-state index contributed by atoms with van der Waals surface area (Å²) in [5.74, 6) is -0.227. The highest BCUT2D eigenvalue weighted by molar-refractivity contribution is 7.92. The zero-order valence-corrected chi connectivity index (χ0v) is 26.2. The lowest BCUT2D eigenvalue weighted by molar-refractivity contribution is -0.140. The van der Waals surface area contributed by atoms with Crippen LogP contribution >= 0.6 is 0 Å². The summed E-state index contributed by atoms with van der Waals surface area (Å²) < 4.78 is 38.0. The average Bonchev–Trinajstić information content (AvgIpc) is 2.92. The van der Waals surface area contributed by atoms with E-state index in [0.29, 0.717) is 5.75 Å². The molecular weight excluding hydrogens is 554 g/mol. The van der Waals surface area contributed by atoms with Gasteiger partial charge in [-0.3, -0.25) is 13.9 Å². The van der Waals surface area contributed by atoms with Crippen molar-refractivity contribution in [1.82, 2.24) is 10.2 Å². The molecule has 226 valence electrons. The summed E-state index contributed by atoms with van der Waals surface area (Å²) in [7, 11) is -1.08. The molecule has 0 aromatic heterocycles. The van der Waals surface area contributed by atoms with E-state index in [2.05, 4.69) is 5.32 Å². The van der Waals surface area contributed by atoms with Crippen molar-refractivity contribution in [2.24, 2.45) is 0 Å². The largest absolute Gasteiger partial charge is 0.497 e. The Morgan fingerprint density at radius 1 is 0.905 bits per heavy atom. The second kappa shape index (κ2) is 13.7. The molecule has 0 heterocycles. The van der Waals surface area contributed by atoms with Crippen LogP contribution in [0.4, 0.5) is 5.69 Å². The van der Waals surface area contributed by atoms with Gasteiger partial charge in [-0.05, 0) is 51.0 Å². The van der Waals surface area contributed by atoms with Gasteiger partial charge in [0, 0.05) is 24.6 Å². The number of aryl methyl sites for hydroxylation is 1. The fraction of sp³-hybridized carbons (Fsp3) is 0.375. The predicted molar refractivity (Wildman–Crippen MR) is 165 cm³/mol. The first kappa shape index (κ1) is 32.5. The molecular formula is C32H41N3O6S. The zero-order valence-electron chi connectivity index (χ0n) is 25.4. The Morgan fingerprint density at radius 3 is 2.14 bits per heavy atom. The van der Waals surface area contributed by atoms with E-state index in [1.165, 1.54) is 25.2 Å². The summed E-state index contributed by atoms with van der Waals surface area (Å²) in [5, 5.41) is 3.02. The third-order valence-electron chi connectivity index (χ3n) is 6.54. The SMILES string of the molecule is COc1ccc(OC)c(N(CC(=O)N(Cc2cccc(C)c2)[C@@H](Cc2ccccc2)C(=O)NC(C)(C)C)S(C)(=O)=O)c1. The normalized spacial score (nSPS) is 12.3. The van der Waals surface area contributed by atoms with Gasteiger partial charge < -0.3 is 19.7 Å². The molecule has 0 unspecified atom stereocenters. The van der Waals surface area contributed by atoms with Crippen molar-refractivity contribution in [3.8, 4) is 11.5 Å². The van der Waals surface area contributed by atoms with E-state index in [1.807, 2.05) is 82.3 Å². The van der Waals surface area contributed by atoms with Crippen LogP contribution in [0.2, 0.25) is 0 Å². The molecule has 0 aliphatic rings. The standard InChI is InChI=1S/C32H41N3O6S/c1-23-12-11-15-25(18-23)21-34(28(31(37)33-32(2,3)4)19-24-13-9-8-10-14-24)30(36)22-35(42(7,38)39)27-20-26(40-5)16-17-29(27)41-6/h8-18,20,28H,19,21-22H2,1-7H3,(H,33,37)/t28-/m0/s1. The number of nitrogens with one attached hydrogen (secondary N) is 1. The monoisotopic (exact) mass is 595 g/mol. The van der Waals surface area contributed by atoms with Gasteiger partial charge in [0.1, 0.15) is 24.1 Å². The highest BCUT2D eigenvalue weighted by Gasteiger charge is 2.35. The van der Waals surface area contributed by atoms with Crippen molar-refractivity contribution in [3.05, 3.63) is 89.5 Å². The van der Waals surface area contributed by atoms with Crippen LogP contribution in [0.25, 0.3) is 0 Å². The number of sulfonamides is 1. The third-order valence-corrected chi connectivity index (χ3v) is 7.67. The van der Waals surface area contributed by atoms with Crippen LogP contribution in [-0.4, -0.2) is 63.7 Å². The molecule has 0 saturated heterocycles. The molecule has 3 aromatic carbocycles. The van der Waals surface area contributed by atoms with Crippen LogP contribution in [0.3, 0.4) is 0 Å². The Morgan fingerprint density at radius 2 is 1.57 bits per heavy atom. The molecule has 1 atom stereocenters. The minimum atomic E-state index is -3.97. The number of rotatable bonds is 12. The molecule has 3 aromatic rings. The maximum Gasteiger partial charge on any atom is 0.244 e. The van der Waals surface area contributed by atoms with Gasteiger partial charge in [0.15, 0.2) is 0 Å². The Bertz CT molecular complexity index is 1490. The minimum absolute atomic E-state index is 0.0996. The summed E-state index contributed by atoms with van der Waals surface area (Å²) in [4.78, 5) is 29.6. The van der Waals surface area contributed by atoms with Crippen molar-refractivity contribution in [3.63, 3.8) is 0 Å². The smallest absolute Gasteiger partial charge is 0.244 e. The van der Waals surface area contributed by atoms with Crippen molar-refractivity contribution in [2.45, 2.75) is 52.2 Å². The number of benzene rings is 3. The number of hydrogen-bond donors (Lipinski definition) is 1. The van der Waals surface area contributed by atoms with Crippen LogP contribution in [0.15, 0.2) is 72.8 Å². The molecule has 1 N–H and O–H groups in total. The van der Waals surface area contributed by atoms with Gasteiger partial charge in [-0.25, -0.2) is 8.42 Å². The number of nitrogens with zero attached hydrogens (tertiary/aromatic N) is 2. The molecule has 2 amide bonds. The maximum absolute atomic E-state index is 14.3. The van der Waals surface area contributed by atoms with E-state index >= 15 is 0 Å². The molecule has 0 aliphatic carbocycles. The fourth-order valence-corrected chi connectivity index (χ4v) is 5.45. The van der Waals surface area contributed by atoms with Crippen LogP contribution in [0, 0.1) is 6.92 Å². The summed E-state index contributed by atoms with van der Waals surface area (Å²) >= 11 is 0. The van der Waals surface area contributed by atoms with Crippen LogP contribution in [0.1, 0.15) is 37.5 Å². The zero-order chi connectivity index (χ0) is 31.1. The number of amides is 2. The Kier molecular flexibility index (Phi) is 10.6. The molecule has 0 bridgehead atoms. The number of ether oxygens (including phenoxy) is 2. The summed E-state index contributed by atoms with van der Waals surface area (Å²) in [5.41, 5.74) is 2.27. The number of hydrogen-bond acceptors (Lipinski definition) is 6. The lowest BCUT2D eigenvalue weighted by Gasteiger charge is -2.35. The van der Waals surface area contributed by atoms with Gasteiger partial charge in [-0.1, -0.05) is 60.2 Å². The molecule has 0 aliphatic heterocycles. The maximum atomic E-state index is 14.3. The Labute approximate surface area is 249 Å². The fourth-order valence-electron chi connectivity index (χ4n) is 4.60. The average molecular weight is 596 g/mol. The van der Waals surface area contributed by atoms with Crippen molar-refractivity contribution >= 4 is 27.5 Å². The van der Waals surface area contributed by atoms with E-state index in [1.54, 1.807) is 12.1 Å². The van der Waals surface area contributed by atoms with Crippen LogP contribution in [0.5, 0.6) is 11.5 Å². The molecule has 0 saturated carbocycles. The summed E-state index contributed by atoms with van der Waals surface area (Å²) in [6.07, 6.45) is 1.26. The molecule has 42 heavy (non-hydrogen) atoms. The molecule has 0 fully saturated rings. The Balaban J connectivity index is 2.13. The van der Waals surface area contributed by atoms with E-state index in [-0.39, 0.29) is 30.3 Å². The number of carbonyl (C=O) groups excluding carboxylic acids is 2. The number of methoxy groups -OCH3 is 2. The quantitative estimate of drug-likeness (QED) is 0.334. The van der Waals surface area contributed by atoms with Crippen molar-refractivity contribution in [1.29, 1.82) is 0 Å². The van der Waals surface area contributed by atoms with E-state index < -0.39 is 34.1 Å². The Hall–Kier alpha value is -4.05. The first-order valence-corrected chi connectivity index (χ1v) is 15.5. The number of anilines is 1. The lowest BCUT2D eigenvalue weighted by atomic mass is 10.0. The third kappa shape index (κ3) is 8.97. The van der Waals surface area contributed by atoms with Gasteiger partial charge in [-0.2, -0.15) is 0 Å². The second-order valence-corrected chi connectivity index (χ2v) is 13.2. The second-order valence-electron chi connectivity index (χ2n) is 11.3. The van der Waals surface area contributed by atoms with Gasteiger partial charge >= 0.3 is 0 Å².